The molecule has 3 aromatic rings. The Kier molecular flexibility index (Phi) is 3.74. The molecule has 0 aliphatic heterocycles. The van der Waals surface area contributed by atoms with Gasteiger partial charge in [-0.1, -0.05) is 24.3 Å². The van der Waals surface area contributed by atoms with Gasteiger partial charge in [0.05, 0.1) is 42.0 Å². The van der Waals surface area contributed by atoms with Crippen LogP contribution in [0.25, 0.3) is 11.0 Å². The van der Waals surface area contributed by atoms with Crippen LogP contribution in [0.15, 0.2) is 54.7 Å². The normalized spacial score (nSPS) is 10.2. The van der Waals surface area contributed by atoms with Crippen LogP contribution in [-0.2, 0) is 13.0 Å². The fourth-order valence-electron chi connectivity index (χ4n) is 2.11. The van der Waals surface area contributed by atoms with Crippen LogP contribution < -0.4 is 5.32 Å². The Morgan fingerprint density at radius 2 is 1.76 bits per heavy atom. The van der Waals surface area contributed by atoms with Crippen LogP contribution in [0.1, 0.15) is 11.3 Å². The first kappa shape index (κ1) is 13.1. The average molecular weight is 274 g/mol. The number of hydrogen-bond acceptors (Lipinski definition) is 4. The molecule has 1 heterocycles. The lowest BCUT2D eigenvalue weighted by molar-refractivity contribution is 1.04. The van der Waals surface area contributed by atoms with Crippen molar-refractivity contribution in [1.29, 1.82) is 5.26 Å². The van der Waals surface area contributed by atoms with Crippen molar-refractivity contribution in [2.45, 2.75) is 13.0 Å². The van der Waals surface area contributed by atoms with Crippen LogP contribution >= 0.6 is 0 Å². The maximum absolute atomic E-state index is 8.65. The van der Waals surface area contributed by atoms with Crippen molar-refractivity contribution in [3.05, 3.63) is 66.0 Å². The van der Waals surface area contributed by atoms with Gasteiger partial charge in [-0.2, -0.15) is 5.26 Å². The van der Waals surface area contributed by atoms with E-state index in [1.807, 2.05) is 48.5 Å². The summed E-state index contributed by atoms with van der Waals surface area (Å²) in [5.74, 6) is 0. The standard InChI is InChI=1S/C17H14N4/c18-10-9-13-5-7-14(8-6-13)19-11-15-12-20-16-3-1-2-4-17(16)21-15/h1-8,12,19H,9,11H2. The quantitative estimate of drug-likeness (QED) is 0.793. The first-order valence-corrected chi connectivity index (χ1v) is 6.75. The molecular weight excluding hydrogens is 260 g/mol. The van der Waals surface area contributed by atoms with Crippen LogP contribution in [0.5, 0.6) is 0 Å². The third-order valence-corrected chi connectivity index (χ3v) is 3.21. The summed E-state index contributed by atoms with van der Waals surface area (Å²) >= 11 is 0. The molecule has 0 saturated heterocycles. The van der Waals surface area contributed by atoms with E-state index in [0.29, 0.717) is 13.0 Å². The molecule has 21 heavy (non-hydrogen) atoms. The fourth-order valence-corrected chi connectivity index (χ4v) is 2.11. The number of nitrogens with one attached hydrogen (secondary N) is 1. The van der Waals surface area contributed by atoms with Crippen molar-refractivity contribution in [3.8, 4) is 6.07 Å². The van der Waals surface area contributed by atoms with Gasteiger partial charge in [0.2, 0.25) is 0 Å². The molecule has 0 saturated carbocycles. The highest BCUT2D eigenvalue weighted by molar-refractivity contribution is 5.73. The van der Waals surface area contributed by atoms with Gasteiger partial charge in [0, 0.05) is 5.69 Å². The van der Waals surface area contributed by atoms with E-state index in [1.54, 1.807) is 6.20 Å². The summed E-state index contributed by atoms with van der Waals surface area (Å²) in [7, 11) is 0. The lowest BCUT2D eigenvalue weighted by Crippen LogP contribution is -2.02. The maximum Gasteiger partial charge on any atom is 0.0890 e. The number of para-hydroxylation sites is 2. The van der Waals surface area contributed by atoms with Gasteiger partial charge in [-0.25, -0.2) is 4.98 Å². The second kappa shape index (κ2) is 6.02. The van der Waals surface area contributed by atoms with Gasteiger partial charge in [-0.15, -0.1) is 0 Å². The molecule has 3 rings (SSSR count). The van der Waals surface area contributed by atoms with E-state index in [-0.39, 0.29) is 0 Å². The molecule has 0 unspecified atom stereocenters. The van der Waals surface area contributed by atoms with Gasteiger partial charge < -0.3 is 5.32 Å². The predicted octanol–water partition coefficient (Wildman–Crippen LogP) is 3.31. The van der Waals surface area contributed by atoms with Gasteiger partial charge in [0.15, 0.2) is 0 Å². The highest BCUT2D eigenvalue weighted by atomic mass is 14.9. The van der Waals surface area contributed by atoms with Crippen LogP contribution in [-0.4, -0.2) is 9.97 Å². The van der Waals surface area contributed by atoms with Crippen LogP contribution in [0.4, 0.5) is 5.69 Å². The molecule has 2 aromatic carbocycles. The van der Waals surface area contributed by atoms with Crippen molar-refractivity contribution in [3.63, 3.8) is 0 Å². The molecule has 0 atom stereocenters. The summed E-state index contributed by atoms with van der Waals surface area (Å²) in [6, 6.07) is 17.8. The summed E-state index contributed by atoms with van der Waals surface area (Å²) in [5, 5.41) is 12.0. The summed E-state index contributed by atoms with van der Waals surface area (Å²) in [5.41, 5.74) is 4.73. The first-order chi connectivity index (χ1) is 10.3. The molecule has 1 N–H and O–H groups in total. The smallest absolute Gasteiger partial charge is 0.0890 e. The number of rotatable bonds is 4. The zero-order valence-electron chi connectivity index (χ0n) is 11.5. The minimum Gasteiger partial charge on any atom is -0.379 e. The summed E-state index contributed by atoms with van der Waals surface area (Å²) in [4.78, 5) is 8.96. The molecule has 0 fully saturated rings. The van der Waals surface area contributed by atoms with E-state index < -0.39 is 0 Å². The first-order valence-electron chi connectivity index (χ1n) is 6.75. The Morgan fingerprint density at radius 3 is 2.52 bits per heavy atom. The zero-order chi connectivity index (χ0) is 14.5. The van der Waals surface area contributed by atoms with Crippen LogP contribution in [0, 0.1) is 11.3 Å². The molecule has 0 spiro atoms. The summed E-state index contributed by atoms with van der Waals surface area (Å²) in [6.07, 6.45) is 2.23. The molecular formula is C17H14N4. The SMILES string of the molecule is N#CCc1ccc(NCc2cnc3ccccc3n2)cc1. The molecule has 4 nitrogen and oxygen atoms in total. The maximum atomic E-state index is 8.65. The van der Waals surface area contributed by atoms with Gasteiger partial charge in [-0.3, -0.25) is 4.98 Å². The van der Waals surface area contributed by atoms with Crippen molar-refractivity contribution < 1.29 is 0 Å². The third kappa shape index (κ3) is 3.15. The van der Waals surface area contributed by atoms with E-state index in [9.17, 15) is 0 Å². The van der Waals surface area contributed by atoms with Crippen molar-refractivity contribution in [2.24, 2.45) is 0 Å². The van der Waals surface area contributed by atoms with Crippen molar-refractivity contribution in [1.82, 2.24) is 9.97 Å². The van der Waals surface area contributed by atoms with Crippen LogP contribution in [0.2, 0.25) is 0 Å². The van der Waals surface area contributed by atoms with Gasteiger partial charge in [0.1, 0.15) is 0 Å². The number of hydrogen-bond donors (Lipinski definition) is 1. The number of nitrogens with zero attached hydrogens (tertiary/aromatic N) is 3. The van der Waals surface area contributed by atoms with Crippen LogP contribution in [0.3, 0.4) is 0 Å². The third-order valence-electron chi connectivity index (χ3n) is 3.21. The van der Waals surface area contributed by atoms with E-state index in [2.05, 4.69) is 21.4 Å². The number of nitriles is 1. The van der Waals surface area contributed by atoms with E-state index >= 15 is 0 Å². The van der Waals surface area contributed by atoms with Gasteiger partial charge in [-0.05, 0) is 29.8 Å². The van der Waals surface area contributed by atoms with E-state index in [4.69, 9.17) is 5.26 Å². The Bertz CT molecular complexity index is 788. The molecule has 0 radical (unpaired) electrons. The molecule has 0 aliphatic rings. The number of fused-ring (bicyclic) bond motifs is 1. The number of benzene rings is 2. The number of anilines is 1. The second-order valence-corrected chi connectivity index (χ2v) is 4.74. The Morgan fingerprint density at radius 1 is 1.00 bits per heavy atom. The second-order valence-electron chi connectivity index (χ2n) is 4.74. The lowest BCUT2D eigenvalue weighted by atomic mass is 10.1. The molecule has 1 aromatic heterocycles. The highest BCUT2D eigenvalue weighted by Gasteiger charge is 2.00. The molecule has 0 aliphatic carbocycles. The molecule has 0 amide bonds. The highest BCUT2D eigenvalue weighted by Crippen LogP contribution is 2.12. The summed E-state index contributed by atoms with van der Waals surface area (Å²) in [6.45, 7) is 0.620. The lowest BCUT2D eigenvalue weighted by Gasteiger charge is -2.07. The number of aromatic nitrogens is 2. The van der Waals surface area contributed by atoms with E-state index in [1.165, 1.54) is 0 Å². The Hall–Kier alpha value is -2.93. The van der Waals surface area contributed by atoms with Gasteiger partial charge in [0.25, 0.3) is 0 Å². The van der Waals surface area contributed by atoms with Gasteiger partial charge >= 0.3 is 0 Å². The fraction of sp³-hybridized carbons (Fsp3) is 0.118. The topological polar surface area (TPSA) is 61.6 Å². The van der Waals surface area contributed by atoms with E-state index in [0.717, 1.165) is 28.0 Å². The predicted molar refractivity (Wildman–Crippen MR) is 82.6 cm³/mol. The summed E-state index contributed by atoms with van der Waals surface area (Å²) < 4.78 is 0. The minimum atomic E-state index is 0.441. The Labute approximate surface area is 123 Å². The molecule has 0 bridgehead atoms. The minimum absolute atomic E-state index is 0.441. The largest absolute Gasteiger partial charge is 0.379 e. The molecule has 102 valence electrons. The average Bonchev–Trinajstić information content (AvgIpc) is 2.54. The van der Waals surface area contributed by atoms with Crippen molar-refractivity contribution >= 4 is 16.7 Å². The molecule has 4 heteroatoms. The van der Waals surface area contributed by atoms with Crippen molar-refractivity contribution in [2.75, 3.05) is 5.32 Å². The monoisotopic (exact) mass is 274 g/mol. The Balaban J connectivity index is 1.69. The zero-order valence-corrected chi connectivity index (χ0v) is 11.5.